The number of hydrogen-bond acceptors (Lipinski definition) is 3. The van der Waals surface area contributed by atoms with E-state index in [1.54, 1.807) is 0 Å². The number of nitrogens with zero attached hydrogens (tertiary/aromatic N) is 1. The second-order valence-corrected chi connectivity index (χ2v) is 18.4. The molecule has 0 spiro atoms. The quantitative estimate of drug-likeness (QED) is 0.0347. The lowest BCUT2D eigenvalue weighted by Gasteiger charge is -2.07. The Morgan fingerprint density at radius 3 is 1.17 bits per heavy atom. The molecule has 0 aromatic heterocycles. The van der Waals surface area contributed by atoms with Crippen LogP contribution in [-0.4, -0.2) is 38.3 Å². The summed E-state index contributed by atoms with van der Waals surface area (Å²) in [6.07, 6.45) is 68.8. The average molecular weight is 881 g/mol. The lowest BCUT2D eigenvalue weighted by Crippen LogP contribution is -2.12. The molecule has 0 bridgehead atoms. The molecule has 0 heterocycles. The van der Waals surface area contributed by atoms with Gasteiger partial charge in [-0.1, -0.05) is 230 Å². The summed E-state index contributed by atoms with van der Waals surface area (Å²) in [6.45, 7) is 18.9. The van der Waals surface area contributed by atoms with Crippen molar-refractivity contribution in [2.45, 2.75) is 291 Å². The normalized spacial score (nSPS) is 12.2. The molecular formula is C59H109NO3. The molecule has 0 saturated heterocycles. The number of ether oxygens (including phenoxy) is 2. The van der Waals surface area contributed by atoms with Gasteiger partial charge in [0.25, 0.3) is 0 Å². The molecule has 0 aromatic carbocycles. The molecule has 0 saturated carbocycles. The topological polar surface area (TPSA) is 39.9 Å². The number of unbranched alkanes of at least 4 members (excludes halogenated alkanes) is 30. The van der Waals surface area contributed by atoms with Crippen molar-refractivity contribution in [1.29, 1.82) is 0 Å². The predicted octanol–water partition coefficient (Wildman–Crippen LogP) is 19.8. The van der Waals surface area contributed by atoms with Crippen molar-refractivity contribution in [2.24, 2.45) is 0 Å². The molecule has 0 fully saturated rings. The van der Waals surface area contributed by atoms with Crippen LogP contribution in [0.3, 0.4) is 0 Å². The van der Waals surface area contributed by atoms with Gasteiger partial charge in [0.15, 0.2) is 5.78 Å². The van der Waals surface area contributed by atoms with E-state index in [1.807, 2.05) is 0 Å². The van der Waals surface area contributed by atoms with E-state index in [0.717, 1.165) is 51.7 Å². The molecule has 1 atom stereocenters. The van der Waals surface area contributed by atoms with E-state index in [4.69, 9.17) is 16.0 Å². The maximum absolute atomic E-state index is 11.8. The Kier molecular flexibility index (Phi) is 60.2. The summed E-state index contributed by atoms with van der Waals surface area (Å²) in [5, 5.41) is 0. The van der Waals surface area contributed by atoms with Gasteiger partial charge in [-0.2, -0.15) is 0 Å². The standard InChI is InChI=1S/C30H55NO.C29H54O2/c1-4-6-8-10-12-13-14-15-16-17-18-19-20-22-24-26-28-32-29-30(31-3)27-25-23-21-11-9-7-5-2;1-3-5-7-9-11-12-13-14-15-16-17-18-19-21-23-25-27-31-28-29(30)26-24-22-20-10-8-6-4-2/h12-13,15-16,30H,4-11,14,17-29H2,1-2H3;11-12,14-15H,3-10,13,16-28H2,1-2H3/b13-12-,16-15-;12-11-,15-14-. The lowest BCUT2D eigenvalue weighted by molar-refractivity contribution is -0.123. The first-order chi connectivity index (χ1) is 31.2. The zero-order valence-corrected chi connectivity index (χ0v) is 43.0. The Balaban J connectivity index is 0. The fraction of sp³-hybridized carbons (Fsp3) is 0.831. The van der Waals surface area contributed by atoms with Crippen LogP contribution < -0.4 is 0 Å². The Bertz CT molecular complexity index is 1020. The van der Waals surface area contributed by atoms with Gasteiger partial charge in [0, 0.05) is 26.1 Å². The molecule has 1 unspecified atom stereocenters. The van der Waals surface area contributed by atoms with Crippen LogP contribution in [0.15, 0.2) is 48.6 Å². The van der Waals surface area contributed by atoms with E-state index in [2.05, 4.69) is 81.1 Å². The van der Waals surface area contributed by atoms with Crippen LogP contribution in [0, 0.1) is 6.57 Å². The van der Waals surface area contributed by atoms with E-state index in [-0.39, 0.29) is 11.8 Å². The highest BCUT2D eigenvalue weighted by atomic mass is 16.5. The first-order valence-corrected chi connectivity index (χ1v) is 27.8. The maximum Gasteiger partial charge on any atom is 0.246 e. The molecule has 63 heavy (non-hydrogen) atoms. The molecule has 0 aliphatic rings. The summed E-state index contributed by atoms with van der Waals surface area (Å²) < 4.78 is 11.3. The Labute approximate surface area is 395 Å². The van der Waals surface area contributed by atoms with Gasteiger partial charge in [0.2, 0.25) is 6.04 Å². The van der Waals surface area contributed by atoms with E-state index in [0.29, 0.717) is 19.6 Å². The van der Waals surface area contributed by atoms with Crippen molar-refractivity contribution in [3.05, 3.63) is 60.0 Å². The fourth-order valence-corrected chi connectivity index (χ4v) is 7.66. The molecular weight excluding hydrogens is 771 g/mol. The summed E-state index contributed by atoms with van der Waals surface area (Å²) >= 11 is 0. The first kappa shape index (κ1) is 63.1. The molecule has 4 heteroatoms. The smallest absolute Gasteiger partial charge is 0.246 e. The molecule has 0 N–H and O–H groups in total. The van der Waals surface area contributed by atoms with Gasteiger partial charge in [-0.15, -0.1) is 0 Å². The van der Waals surface area contributed by atoms with Crippen molar-refractivity contribution in [1.82, 2.24) is 0 Å². The molecule has 0 rings (SSSR count). The number of carbonyl (C=O) groups is 1. The molecule has 0 aliphatic heterocycles. The highest BCUT2D eigenvalue weighted by molar-refractivity contribution is 5.79. The largest absolute Gasteiger partial charge is 0.374 e. The third kappa shape index (κ3) is 60.0. The SMILES string of the molecule is CCCCC/C=C\C/C=C\CCCCCCCCOCC(=O)CCCCCCCCC.[C-]#[N+]C(CCCCCCCCC)COCCCCCCCC/C=C\C/C=C\CCCCC. The van der Waals surface area contributed by atoms with Gasteiger partial charge in [-0.25, -0.2) is 6.57 Å². The molecule has 0 aliphatic carbocycles. The first-order valence-electron chi connectivity index (χ1n) is 27.8. The second-order valence-electron chi connectivity index (χ2n) is 18.4. The average Bonchev–Trinajstić information content (AvgIpc) is 3.29. The van der Waals surface area contributed by atoms with E-state index < -0.39 is 0 Å². The van der Waals surface area contributed by atoms with Crippen molar-refractivity contribution < 1.29 is 14.3 Å². The third-order valence-electron chi connectivity index (χ3n) is 11.9. The minimum atomic E-state index is 0.0789. The summed E-state index contributed by atoms with van der Waals surface area (Å²) in [6, 6.07) is 0.0789. The van der Waals surface area contributed by atoms with Crippen molar-refractivity contribution in [3.63, 3.8) is 0 Å². The van der Waals surface area contributed by atoms with Crippen LogP contribution in [0.5, 0.6) is 0 Å². The Morgan fingerprint density at radius 1 is 0.413 bits per heavy atom. The third-order valence-corrected chi connectivity index (χ3v) is 11.9. The number of ketones is 1. The monoisotopic (exact) mass is 880 g/mol. The summed E-state index contributed by atoms with van der Waals surface area (Å²) in [5.74, 6) is 0.286. The summed E-state index contributed by atoms with van der Waals surface area (Å²) in [7, 11) is 0. The highest BCUT2D eigenvalue weighted by Gasteiger charge is 2.12. The summed E-state index contributed by atoms with van der Waals surface area (Å²) in [4.78, 5) is 15.6. The van der Waals surface area contributed by atoms with Gasteiger partial charge in [0.1, 0.15) is 13.2 Å². The number of hydrogen-bond donors (Lipinski definition) is 0. The van der Waals surface area contributed by atoms with E-state index in [1.165, 1.54) is 212 Å². The minimum absolute atomic E-state index is 0.0789. The zero-order valence-electron chi connectivity index (χ0n) is 43.0. The summed E-state index contributed by atoms with van der Waals surface area (Å²) in [5.41, 5.74) is 0. The molecule has 0 radical (unpaired) electrons. The Morgan fingerprint density at radius 2 is 0.746 bits per heavy atom. The lowest BCUT2D eigenvalue weighted by atomic mass is 10.1. The molecule has 0 aromatic rings. The van der Waals surface area contributed by atoms with Gasteiger partial charge in [-0.05, 0) is 89.9 Å². The fourth-order valence-electron chi connectivity index (χ4n) is 7.66. The minimum Gasteiger partial charge on any atom is -0.374 e. The van der Waals surface area contributed by atoms with Crippen molar-refractivity contribution in [3.8, 4) is 0 Å². The van der Waals surface area contributed by atoms with Crippen LogP contribution >= 0.6 is 0 Å². The Hall–Kier alpha value is -1.96. The van der Waals surface area contributed by atoms with Gasteiger partial charge < -0.3 is 14.3 Å². The molecule has 368 valence electrons. The zero-order chi connectivity index (χ0) is 46.0. The van der Waals surface area contributed by atoms with E-state index in [9.17, 15) is 4.79 Å². The van der Waals surface area contributed by atoms with Crippen LogP contribution in [0.4, 0.5) is 0 Å². The number of rotatable bonds is 50. The van der Waals surface area contributed by atoms with Crippen LogP contribution in [0.1, 0.15) is 285 Å². The number of Topliss-reactive ketones (excluding diaryl/α,β-unsaturated/α-hetero) is 1. The van der Waals surface area contributed by atoms with Gasteiger partial charge in [0.05, 0.1) is 0 Å². The van der Waals surface area contributed by atoms with Gasteiger partial charge >= 0.3 is 0 Å². The maximum atomic E-state index is 11.8. The van der Waals surface area contributed by atoms with Crippen molar-refractivity contribution in [2.75, 3.05) is 26.4 Å². The van der Waals surface area contributed by atoms with Crippen LogP contribution in [0.25, 0.3) is 4.85 Å². The highest BCUT2D eigenvalue weighted by Crippen LogP contribution is 2.14. The van der Waals surface area contributed by atoms with E-state index >= 15 is 0 Å². The van der Waals surface area contributed by atoms with Crippen LogP contribution in [0.2, 0.25) is 0 Å². The molecule has 4 nitrogen and oxygen atoms in total. The van der Waals surface area contributed by atoms with Crippen LogP contribution in [-0.2, 0) is 14.3 Å². The molecule has 0 amide bonds. The number of carbonyl (C=O) groups excluding carboxylic acids is 1. The second kappa shape index (κ2) is 60.0. The predicted molar refractivity (Wildman–Crippen MR) is 281 cm³/mol. The number of allylic oxidation sites excluding steroid dienone is 8. The van der Waals surface area contributed by atoms with Gasteiger partial charge in [-0.3, -0.25) is 4.79 Å². The van der Waals surface area contributed by atoms with Crippen molar-refractivity contribution >= 4 is 5.78 Å².